The predicted octanol–water partition coefficient (Wildman–Crippen LogP) is 9.28. The molecule has 0 spiro atoms. The van der Waals surface area contributed by atoms with Crippen molar-refractivity contribution in [1.82, 2.24) is 5.32 Å². The van der Waals surface area contributed by atoms with Crippen molar-refractivity contribution in [3.05, 3.63) is 36.5 Å². The lowest BCUT2D eigenvalue weighted by molar-refractivity contribution is -0.302. The molecule has 55 heavy (non-hydrogen) atoms. The molecule has 0 saturated carbocycles. The van der Waals surface area contributed by atoms with Gasteiger partial charge >= 0.3 is 0 Å². The van der Waals surface area contributed by atoms with Crippen LogP contribution in [0.5, 0.6) is 0 Å². The van der Waals surface area contributed by atoms with E-state index in [1.54, 1.807) is 6.08 Å². The standard InChI is InChI=1S/C46H85NO8/c1-3-5-7-9-11-13-14-15-16-17-18-19-20-21-22-23-24-25-26-28-29-31-33-35-40(49)39(38-54-46-45(53)44(52)43(51)41(37-48)55-46)47-42(50)36-34-32-30-27-12-10-8-6-4-2/h22-23,26,28,33,35,39-41,43-46,48-49,51-53H,3-21,24-25,27,29-32,34,36-38H2,1-2H3,(H,47,50)/b23-22+,28-26+,35-33+. The van der Waals surface area contributed by atoms with Crippen LogP contribution in [0.25, 0.3) is 0 Å². The minimum atomic E-state index is -1.57. The first-order chi connectivity index (χ1) is 26.8. The Kier molecular flexibility index (Phi) is 34.3. The molecule has 0 radical (unpaired) electrons. The highest BCUT2D eigenvalue weighted by atomic mass is 16.7. The van der Waals surface area contributed by atoms with E-state index in [4.69, 9.17) is 9.47 Å². The average molecular weight is 780 g/mol. The van der Waals surface area contributed by atoms with Gasteiger partial charge in [0.15, 0.2) is 6.29 Å². The average Bonchev–Trinajstić information content (AvgIpc) is 3.18. The number of ether oxygens (including phenoxy) is 2. The first kappa shape index (κ1) is 51.4. The van der Waals surface area contributed by atoms with Gasteiger partial charge in [-0.1, -0.05) is 179 Å². The fourth-order valence-electron chi connectivity index (χ4n) is 7.01. The first-order valence-electron chi connectivity index (χ1n) is 22.7. The number of amides is 1. The van der Waals surface area contributed by atoms with Crippen LogP contribution < -0.4 is 5.32 Å². The molecular weight excluding hydrogens is 695 g/mol. The maximum absolute atomic E-state index is 12.8. The van der Waals surface area contributed by atoms with Gasteiger partial charge in [-0.25, -0.2) is 0 Å². The molecule has 0 bridgehead atoms. The summed E-state index contributed by atoms with van der Waals surface area (Å²) in [5.74, 6) is -0.195. The van der Waals surface area contributed by atoms with Crippen molar-refractivity contribution < 1.29 is 39.8 Å². The number of carbonyl (C=O) groups is 1. The van der Waals surface area contributed by atoms with Crippen LogP contribution in [0.3, 0.4) is 0 Å². The molecule has 9 nitrogen and oxygen atoms in total. The predicted molar refractivity (Wildman–Crippen MR) is 226 cm³/mol. The number of allylic oxidation sites excluding steroid dienone is 5. The van der Waals surface area contributed by atoms with E-state index in [0.717, 1.165) is 44.9 Å². The normalized spacial score (nSPS) is 21.6. The van der Waals surface area contributed by atoms with Crippen molar-refractivity contribution in [2.24, 2.45) is 0 Å². The summed E-state index contributed by atoms with van der Waals surface area (Å²) in [5.41, 5.74) is 0. The quantitative estimate of drug-likeness (QED) is 0.0270. The Bertz CT molecular complexity index is 956. The van der Waals surface area contributed by atoms with Crippen LogP contribution in [0.4, 0.5) is 0 Å². The molecular formula is C46H85NO8. The number of rotatable bonds is 37. The SMILES string of the molecule is CCCCCCCCCCCCCCC/C=C/CC/C=C/CC/C=C/C(O)C(COC1OC(CO)C(O)C(O)C1O)NC(=O)CCCCCCCCCCC. The zero-order chi connectivity index (χ0) is 40.2. The molecule has 1 amide bonds. The fourth-order valence-corrected chi connectivity index (χ4v) is 7.01. The lowest BCUT2D eigenvalue weighted by Gasteiger charge is -2.40. The molecule has 7 unspecified atom stereocenters. The van der Waals surface area contributed by atoms with Crippen LogP contribution in [0.2, 0.25) is 0 Å². The molecule has 1 aliphatic heterocycles. The van der Waals surface area contributed by atoms with Crippen molar-refractivity contribution in [3.63, 3.8) is 0 Å². The number of aliphatic hydroxyl groups excluding tert-OH is 5. The molecule has 1 saturated heterocycles. The number of hydrogen-bond acceptors (Lipinski definition) is 8. The van der Waals surface area contributed by atoms with E-state index in [1.165, 1.54) is 128 Å². The Hall–Kier alpha value is -1.59. The second-order valence-corrected chi connectivity index (χ2v) is 15.8. The van der Waals surface area contributed by atoms with Gasteiger partial charge in [-0.15, -0.1) is 0 Å². The Morgan fingerprint density at radius 2 is 1.04 bits per heavy atom. The second-order valence-electron chi connectivity index (χ2n) is 15.8. The summed E-state index contributed by atoms with van der Waals surface area (Å²) in [4.78, 5) is 12.8. The van der Waals surface area contributed by atoms with Crippen LogP contribution in [0.15, 0.2) is 36.5 Å². The van der Waals surface area contributed by atoms with Crippen molar-refractivity contribution in [2.75, 3.05) is 13.2 Å². The fraction of sp³-hybridized carbons (Fsp3) is 0.848. The van der Waals surface area contributed by atoms with Gasteiger partial charge in [0.05, 0.1) is 25.4 Å². The van der Waals surface area contributed by atoms with Crippen LogP contribution >= 0.6 is 0 Å². The molecule has 1 fully saturated rings. The summed E-state index contributed by atoms with van der Waals surface area (Å²) in [5, 5.41) is 54.0. The molecule has 1 aliphatic rings. The Morgan fingerprint density at radius 3 is 1.53 bits per heavy atom. The largest absolute Gasteiger partial charge is 0.394 e. The lowest BCUT2D eigenvalue weighted by Crippen LogP contribution is -2.60. The van der Waals surface area contributed by atoms with Crippen molar-refractivity contribution in [3.8, 4) is 0 Å². The van der Waals surface area contributed by atoms with Gasteiger partial charge in [-0.2, -0.15) is 0 Å². The van der Waals surface area contributed by atoms with Crippen LogP contribution in [0, 0.1) is 0 Å². The van der Waals surface area contributed by atoms with Crippen molar-refractivity contribution in [2.45, 2.75) is 236 Å². The zero-order valence-electron chi connectivity index (χ0n) is 35.2. The van der Waals surface area contributed by atoms with E-state index in [1.807, 2.05) is 6.08 Å². The van der Waals surface area contributed by atoms with Crippen molar-refractivity contribution >= 4 is 5.91 Å². The van der Waals surface area contributed by atoms with Gasteiger partial charge < -0.3 is 40.3 Å². The molecule has 0 aromatic carbocycles. The second kappa shape index (κ2) is 36.7. The molecule has 9 heteroatoms. The third-order valence-corrected chi connectivity index (χ3v) is 10.7. The third kappa shape index (κ3) is 27.6. The van der Waals surface area contributed by atoms with Gasteiger partial charge in [0.1, 0.15) is 24.4 Å². The molecule has 7 atom stereocenters. The van der Waals surface area contributed by atoms with Crippen LogP contribution in [-0.2, 0) is 14.3 Å². The summed E-state index contributed by atoms with van der Waals surface area (Å²) in [7, 11) is 0. The Balaban J connectivity index is 2.34. The number of carbonyl (C=O) groups excluding carboxylic acids is 1. The van der Waals surface area contributed by atoms with Crippen LogP contribution in [0.1, 0.15) is 194 Å². The first-order valence-corrected chi connectivity index (χ1v) is 22.7. The van der Waals surface area contributed by atoms with Crippen molar-refractivity contribution in [1.29, 1.82) is 0 Å². The maximum Gasteiger partial charge on any atom is 0.220 e. The molecule has 0 aliphatic carbocycles. The Labute approximate surface area is 336 Å². The minimum Gasteiger partial charge on any atom is -0.394 e. The van der Waals surface area contributed by atoms with E-state index >= 15 is 0 Å². The van der Waals surface area contributed by atoms with E-state index in [-0.39, 0.29) is 12.5 Å². The van der Waals surface area contributed by atoms with E-state index in [9.17, 15) is 30.3 Å². The van der Waals surface area contributed by atoms with Gasteiger partial charge in [0.25, 0.3) is 0 Å². The van der Waals surface area contributed by atoms with E-state index in [0.29, 0.717) is 6.42 Å². The van der Waals surface area contributed by atoms with Crippen LogP contribution in [-0.4, -0.2) is 87.5 Å². The number of unbranched alkanes of at least 4 members (excludes halogenated alkanes) is 23. The number of nitrogens with one attached hydrogen (secondary N) is 1. The smallest absolute Gasteiger partial charge is 0.220 e. The Morgan fingerprint density at radius 1 is 0.600 bits per heavy atom. The maximum atomic E-state index is 12.8. The highest BCUT2D eigenvalue weighted by molar-refractivity contribution is 5.76. The van der Waals surface area contributed by atoms with Gasteiger partial charge in [0, 0.05) is 6.42 Å². The molecule has 0 aromatic heterocycles. The molecule has 1 rings (SSSR count). The summed E-state index contributed by atoms with van der Waals surface area (Å²) in [6.07, 6.45) is 37.8. The van der Waals surface area contributed by atoms with Gasteiger partial charge in [-0.05, 0) is 44.9 Å². The zero-order valence-corrected chi connectivity index (χ0v) is 35.2. The molecule has 1 heterocycles. The topological polar surface area (TPSA) is 149 Å². The highest BCUT2D eigenvalue weighted by Gasteiger charge is 2.44. The number of hydrogen-bond donors (Lipinski definition) is 6. The summed E-state index contributed by atoms with van der Waals surface area (Å²) >= 11 is 0. The number of aliphatic hydroxyl groups is 5. The monoisotopic (exact) mass is 780 g/mol. The molecule has 0 aromatic rings. The summed E-state index contributed by atoms with van der Waals surface area (Å²) in [6, 6.07) is -0.822. The van der Waals surface area contributed by atoms with Gasteiger partial charge in [0.2, 0.25) is 5.91 Å². The highest BCUT2D eigenvalue weighted by Crippen LogP contribution is 2.22. The summed E-state index contributed by atoms with van der Waals surface area (Å²) in [6.45, 7) is 3.72. The lowest BCUT2D eigenvalue weighted by atomic mass is 9.99. The molecule has 6 N–H and O–H groups in total. The minimum absolute atomic E-state index is 0.195. The third-order valence-electron chi connectivity index (χ3n) is 10.7. The summed E-state index contributed by atoms with van der Waals surface area (Å²) < 4.78 is 11.2. The molecule has 322 valence electrons. The van der Waals surface area contributed by atoms with E-state index < -0.39 is 49.5 Å². The van der Waals surface area contributed by atoms with Gasteiger partial charge in [-0.3, -0.25) is 4.79 Å². The van der Waals surface area contributed by atoms with E-state index in [2.05, 4.69) is 43.5 Å².